The van der Waals surface area contributed by atoms with Crippen molar-refractivity contribution >= 4 is 21.6 Å². The van der Waals surface area contributed by atoms with Gasteiger partial charge < -0.3 is 9.88 Å². The molecular weight excluding hydrogens is 328 g/mol. The van der Waals surface area contributed by atoms with Crippen LogP contribution in [0.15, 0.2) is 43.0 Å². The SMILES string of the molecule is Cc1ccc(N(CC(=O)NCCCn2ccnc2)S(C)(=O)=O)cc1. The van der Waals surface area contributed by atoms with Crippen LogP contribution in [0.4, 0.5) is 5.69 Å². The molecule has 0 fully saturated rings. The average molecular weight is 350 g/mol. The van der Waals surface area contributed by atoms with Crippen LogP contribution in [-0.2, 0) is 21.4 Å². The van der Waals surface area contributed by atoms with E-state index in [1.807, 2.05) is 29.8 Å². The third-order valence-electron chi connectivity index (χ3n) is 3.48. The van der Waals surface area contributed by atoms with Gasteiger partial charge in [0.25, 0.3) is 0 Å². The predicted molar refractivity (Wildman–Crippen MR) is 93.2 cm³/mol. The minimum absolute atomic E-state index is 0.229. The summed E-state index contributed by atoms with van der Waals surface area (Å²) in [5, 5.41) is 2.75. The van der Waals surface area contributed by atoms with Gasteiger partial charge in [0.05, 0.1) is 18.3 Å². The predicted octanol–water partition coefficient (Wildman–Crippen LogP) is 1.16. The molecule has 8 heteroatoms. The van der Waals surface area contributed by atoms with E-state index in [1.165, 1.54) is 0 Å². The summed E-state index contributed by atoms with van der Waals surface area (Å²) < 4.78 is 27.0. The number of rotatable bonds is 8. The molecule has 0 aliphatic heterocycles. The summed E-state index contributed by atoms with van der Waals surface area (Å²) >= 11 is 0. The standard InChI is InChI=1S/C16H22N4O3S/c1-14-4-6-15(7-5-14)20(24(2,22)23)12-16(21)18-8-3-10-19-11-9-17-13-19/h4-7,9,11,13H,3,8,10,12H2,1-2H3,(H,18,21). The highest BCUT2D eigenvalue weighted by Gasteiger charge is 2.20. The number of sulfonamides is 1. The normalized spacial score (nSPS) is 11.2. The summed E-state index contributed by atoms with van der Waals surface area (Å²) in [5.74, 6) is -0.327. The number of amides is 1. The summed E-state index contributed by atoms with van der Waals surface area (Å²) in [7, 11) is -3.53. The molecule has 0 aliphatic carbocycles. The monoisotopic (exact) mass is 350 g/mol. The molecule has 24 heavy (non-hydrogen) atoms. The number of aryl methyl sites for hydroxylation is 2. The van der Waals surface area contributed by atoms with Crippen LogP contribution < -0.4 is 9.62 Å². The van der Waals surface area contributed by atoms with Gasteiger partial charge in [-0.25, -0.2) is 13.4 Å². The molecule has 7 nitrogen and oxygen atoms in total. The third-order valence-corrected chi connectivity index (χ3v) is 4.62. The first-order valence-corrected chi connectivity index (χ1v) is 9.48. The lowest BCUT2D eigenvalue weighted by atomic mass is 10.2. The number of anilines is 1. The van der Waals surface area contributed by atoms with Crippen molar-refractivity contribution in [3.63, 3.8) is 0 Å². The Hall–Kier alpha value is -2.35. The Kier molecular flexibility index (Phi) is 5.97. The average Bonchev–Trinajstić information content (AvgIpc) is 3.02. The zero-order valence-corrected chi connectivity index (χ0v) is 14.7. The van der Waals surface area contributed by atoms with Gasteiger partial charge in [0.2, 0.25) is 15.9 Å². The summed E-state index contributed by atoms with van der Waals surface area (Å²) in [5.41, 5.74) is 1.51. The highest BCUT2D eigenvalue weighted by molar-refractivity contribution is 7.92. The maximum Gasteiger partial charge on any atom is 0.240 e. The smallest absolute Gasteiger partial charge is 0.240 e. The van der Waals surface area contributed by atoms with E-state index >= 15 is 0 Å². The minimum atomic E-state index is -3.53. The first-order valence-electron chi connectivity index (χ1n) is 7.63. The Bertz CT molecular complexity index is 755. The fourth-order valence-electron chi connectivity index (χ4n) is 2.21. The number of hydrogen-bond acceptors (Lipinski definition) is 4. The van der Waals surface area contributed by atoms with Crippen LogP contribution >= 0.6 is 0 Å². The summed E-state index contributed by atoms with van der Waals surface area (Å²) in [6.45, 7) is 2.91. The molecule has 0 spiro atoms. The van der Waals surface area contributed by atoms with Gasteiger partial charge in [-0.1, -0.05) is 17.7 Å². The molecule has 1 aromatic heterocycles. The molecule has 130 valence electrons. The van der Waals surface area contributed by atoms with E-state index in [1.54, 1.807) is 24.7 Å². The Morgan fingerprint density at radius 1 is 1.29 bits per heavy atom. The lowest BCUT2D eigenvalue weighted by Gasteiger charge is -2.22. The van der Waals surface area contributed by atoms with E-state index in [2.05, 4.69) is 10.3 Å². The number of nitrogens with one attached hydrogen (secondary N) is 1. The largest absolute Gasteiger partial charge is 0.354 e. The van der Waals surface area contributed by atoms with Gasteiger partial charge in [-0.3, -0.25) is 9.10 Å². The van der Waals surface area contributed by atoms with E-state index in [-0.39, 0.29) is 12.5 Å². The molecule has 0 atom stereocenters. The van der Waals surface area contributed by atoms with Gasteiger partial charge in [0, 0.05) is 25.5 Å². The van der Waals surface area contributed by atoms with E-state index in [4.69, 9.17) is 0 Å². The van der Waals surface area contributed by atoms with Gasteiger partial charge in [0.15, 0.2) is 0 Å². The topological polar surface area (TPSA) is 84.3 Å². The second-order valence-corrected chi connectivity index (χ2v) is 7.52. The minimum Gasteiger partial charge on any atom is -0.354 e. The Labute approximate surface area is 142 Å². The summed E-state index contributed by atoms with van der Waals surface area (Å²) in [6.07, 6.45) is 7.10. The summed E-state index contributed by atoms with van der Waals surface area (Å²) in [4.78, 5) is 16.0. The van der Waals surface area contributed by atoms with E-state index in [0.29, 0.717) is 12.2 Å². The van der Waals surface area contributed by atoms with Crippen LogP contribution in [0.2, 0.25) is 0 Å². The highest BCUT2D eigenvalue weighted by atomic mass is 32.2. The quantitative estimate of drug-likeness (QED) is 0.724. The lowest BCUT2D eigenvalue weighted by molar-refractivity contribution is -0.119. The van der Waals surface area contributed by atoms with E-state index in [9.17, 15) is 13.2 Å². The van der Waals surface area contributed by atoms with Crippen molar-refractivity contribution in [2.75, 3.05) is 23.7 Å². The van der Waals surface area contributed by atoms with Gasteiger partial charge in [0.1, 0.15) is 6.54 Å². The van der Waals surface area contributed by atoms with Crippen molar-refractivity contribution in [1.29, 1.82) is 0 Å². The number of carbonyl (C=O) groups excluding carboxylic acids is 1. The molecule has 1 amide bonds. The second kappa shape index (κ2) is 7.96. The van der Waals surface area contributed by atoms with E-state index < -0.39 is 10.0 Å². The fraction of sp³-hybridized carbons (Fsp3) is 0.375. The number of carbonyl (C=O) groups is 1. The molecule has 1 N–H and O–H groups in total. The molecule has 0 bridgehead atoms. The van der Waals surface area contributed by atoms with Crippen molar-refractivity contribution in [3.8, 4) is 0 Å². The number of aromatic nitrogens is 2. The van der Waals surface area contributed by atoms with Crippen LogP contribution in [0.1, 0.15) is 12.0 Å². The molecule has 0 saturated heterocycles. The first kappa shape index (κ1) is 18.0. The summed E-state index contributed by atoms with van der Waals surface area (Å²) in [6, 6.07) is 7.03. The van der Waals surface area contributed by atoms with Crippen LogP contribution in [0.5, 0.6) is 0 Å². The first-order chi connectivity index (χ1) is 11.4. The zero-order chi connectivity index (χ0) is 17.6. The fourth-order valence-corrected chi connectivity index (χ4v) is 3.06. The van der Waals surface area contributed by atoms with Crippen LogP contribution in [-0.4, -0.2) is 43.2 Å². The number of hydrogen-bond donors (Lipinski definition) is 1. The van der Waals surface area contributed by atoms with Gasteiger partial charge >= 0.3 is 0 Å². The maximum atomic E-state index is 12.1. The van der Waals surface area contributed by atoms with Crippen LogP contribution in [0.25, 0.3) is 0 Å². The Balaban J connectivity index is 1.89. The molecule has 0 saturated carbocycles. The van der Waals surface area contributed by atoms with Crippen LogP contribution in [0, 0.1) is 6.92 Å². The van der Waals surface area contributed by atoms with Gasteiger partial charge in [-0.05, 0) is 25.5 Å². The molecule has 0 aliphatic rings. The van der Waals surface area contributed by atoms with Crippen molar-refractivity contribution in [1.82, 2.24) is 14.9 Å². The van der Waals surface area contributed by atoms with Crippen molar-refractivity contribution in [2.45, 2.75) is 19.9 Å². The second-order valence-electron chi connectivity index (χ2n) is 5.61. The van der Waals surface area contributed by atoms with Gasteiger partial charge in [-0.2, -0.15) is 0 Å². The van der Waals surface area contributed by atoms with Crippen molar-refractivity contribution in [3.05, 3.63) is 48.5 Å². The maximum absolute atomic E-state index is 12.1. The molecule has 1 aromatic carbocycles. The number of imidazole rings is 1. The Morgan fingerprint density at radius 2 is 2.00 bits per heavy atom. The van der Waals surface area contributed by atoms with Crippen LogP contribution in [0.3, 0.4) is 0 Å². The Morgan fingerprint density at radius 3 is 2.58 bits per heavy atom. The lowest BCUT2D eigenvalue weighted by Crippen LogP contribution is -2.40. The highest BCUT2D eigenvalue weighted by Crippen LogP contribution is 2.17. The molecule has 0 unspecified atom stereocenters. The van der Waals surface area contributed by atoms with E-state index in [0.717, 1.165) is 29.1 Å². The molecule has 0 radical (unpaired) electrons. The van der Waals surface area contributed by atoms with Gasteiger partial charge in [-0.15, -0.1) is 0 Å². The molecule has 1 heterocycles. The van der Waals surface area contributed by atoms with Crippen molar-refractivity contribution in [2.24, 2.45) is 0 Å². The number of benzene rings is 1. The molecular formula is C16H22N4O3S. The third kappa shape index (κ3) is 5.38. The zero-order valence-electron chi connectivity index (χ0n) is 13.8. The number of nitrogens with zero attached hydrogens (tertiary/aromatic N) is 3. The molecule has 2 aromatic rings. The molecule has 2 rings (SSSR count). The van der Waals surface area contributed by atoms with Crippen molar-refractivity contribution < 1.29 is 13.2 Å².